The van der Waals surface area contributed by atoms with Gasteiger partial charge in [-0.15, -0.1) is 0 Å². The molecule has 78 valence electrons. The number of ether oxygens (including phenoxy) is 1. The summed E-state index contributed by atoms with van der Waals surface area (Å²) in [5.74, 6) is 0. The van der Waals surface area contributed by atoms with Crippen LogP contribution < -0.4 is 10.1 Å². The summed E-state index contributed by atoms with van der Waals surface area (Å²) in [6.07, 6.45) is 3.84. The van der Waals surface area contributed by atoms with Crippen LogP contribution in [0.4, 0.5) is 0 Å². The van der Waals surface area contributed by atoms with Crippen LogP contribution in [0.25, 0.3) is 0 Å². The second-order valence-corrected chi connectivity index (χ2v) is 3.44. The second-order valence-electron chi connectivity index (χ2n) is 3.44. The van der Waals surface area contributed by atoms with Crippen molar-refractivity contribution in [2.75, 3.05) is 13.2 Å². The summed E-state index contributed by atoms with van der Waals surface area (Å²) in [7, 11) is 0. The number of aromatic nitrogens is 2. The van der Waals surface area contributed by atoms with E-state index in [9.17, 15) is 0 Å². The zero-order chi connectivity index (χ0) is 10.5. The van der Waals surface area contributed by atoms with Crippen LogP contribution in [0, 0.1) is 11.3 Å². The molecule has 0 aliphatic carbocycles. The van der Waals surface area contributed by atoms with Gasteiger partial charge in [-0.3, -0.25) is 0 Å². The molecule has 1 aliphatic rings. The average Bonchev–Trinajstić information content (AvgIpc) is 2.79. The lowest BCUT2D eigenvalue weighted by Crippen LogP contribution is -2.28. The van der Waals surface area contributed by atoms with Gasteiger partial charge in [0.05, 0.1) is 0 Å². The van der Waals surface area contributed by atoms with E-state index in [1.807, 2.05) is 6.07 Å². The summed E-state index contributed by atoms with van der Waals surface area (Å²) in [5.41, 5.74) is 0.333. The van der Waals surface area contributed by atoms with E-state index in [-0.39, 0.29) is 6.01 Å². The van der Waals surface area contributed by atoms with Gasteiger partial charge in [0.1, 0.15) is 18.4 Å². The molecule has 5 heteroatoms. The first-order valence-electron chi connectivity index (χ1n) is 4.98. The van der Waals surface area contributed by atoms with Crippen molar-refractivity contribution in [2.24, 2.45) is 0 Å². The van der Waals surface area contributed by atoms with E-state index in [1.54, 1.807) is 6.07 Å². The molecule has 15 heavy (non-hydrogen) atoms. The molecule has 1 aromatic rings. The van der Waals surface area contributed by atoms with Gasteiger partial charge in [-0.2, -0.15) is 10.2 Å². The highest BCUT2D eigenvalue weighted by Crippen LogP contribution is 2.07. The Hall–Kier alpha value is -1.67. The number of hydrogen-bond donors (Lipinski definition) is 1. The Labute approximate surface area is 88.1 Å². The summed E-state index contributed by atoms with van der Waals surface area (Å²) in [4.78, 5) is 7.87. The minimum atomic E-state index is 0.280. The fraction of sp³-hybridized carbons (Fsp3) is 0.500. The fourth-order valence-electron chi connectivity index (χ4n) is 1.55. The molecule has 0 radical (unpaired) electrons. The average molecular weight is 204 g/mol. The highest BCUT2D eigenvalue weighted by Gasteiger charge is 2.14. The Balaban J connectivity index is 1.90. The third-order valence-electron chi connectivity index (χ3n) is 2.32. The van der Waals surface area contributed by atoms with Crippen LogP contribution in [0.3, 0.4) is 0 Å². The van der Waals surface area contributed by atoms with Crippen molar-refractivity contribution < 1.29 is 4.74 Å². The Kier molecular flexibility index (Phi) is 3.10. The summed E-state index contributed by atoms with van der Waals surface area (Å²) >= 11 is 0. The van der Waals surface area contributed by atoms with E-state index in [4.69, 9.17) is 10.00 Å². The third-order valence-corrected chi connectivity index (χ3v) is 2.32. The molecular weight excluding hydrogens is 192 g/mol. The van der Waals surface area contributed by atoms with Crippen molar-refractivity contribution >= 4 is 0 Å². The lowest BCUT2D eigenvalue weighted by molar-refractivity contribution is 0.257. The van der Waals surface area contributed by atoms with E-state index in [1.165, 1.54) is 12.6 Å². The Morgan fingerprint density at radius 3 is 3.33 bits per heavy atom. The van der Waals surface area contributed by atoms with Crippen molar-refractivity contribution in [1.82, 2.24) is 15.3 Å². The molecule has 1 aliphatic heterocycles. The van der Waals surface area contributed by atoms with Gasteiger partial charge in [0.25, 0.3) is 0 Å². The second kappa shape index (κ2) is 4.71. The van der Waals surface area contributed by atoms with Crippen LogP contribution in [0.15, 0.2) is 12.3 Å². The predicted molar refractivity (Wildman–Crippen MR) is 53.3 cm³/mol. The van der Waals surface area contributed by atoms with Crippen molar-refractivity contribution in [3.8, 4) is 12.1 Å². The fourth-order valence-corrected chi connectivity index (χ4v) is 1.55. The Bertz CT molecular complexity index is 368. The third kappa shape index (κ3) is 2.64. The van der Waals surface area contributed by atoms with Gasteiger partial charge in [0.15, 0.2) is 0 Å². The Morgan fingerprint density at radius 2 is 2.60 bits per heavy atom. The largest absolute Gasteiger partial charge is 0.462 e. The standard InChI is InChI=1S/C10H12N4O/c11-6-8-3-5-13-10(14-8)15-7-9-2-1-4-12-9/h3,5,9,12H,1-2,4,7H2. The molecule has 1 atom stereocenters. The number of hydrogen-bond acceptors (Lipinski definition) is 5. The molecule has 1 aromatic heterocycles. The maximum Gasteiger partial charge on any atom is 0.317 e. The van der Waals surface area contributed by atoms with Crippen molar-refractivity contribution in [1.29, 1.82) is 5.26 Å². The quantitative estimate of drug-likeness (QED) is 0.775. The highest BCUT2D eigenvalue weighted by molar-refractivity contribution is 5.19. The number of nitrogens with one attached hydrogen (secondary N) is 1. The molecule has 5 nitrogen and oxygen atoms in total. The van der Waals surface area contributed by atoms with Gasteiger partial charge in [-0.05, 0) is 25.5 Å². The molecule has 1 unspecified atom stereocenters. The molecular formula is C10H12N4O. The summed E-state index contributed by atoms with van der Waals surface area (Å²) < 4.78 is 5.40. The summed E-state index contributed by atoms with van der Waals surface area (Å²) in [6.45, 7) is 1.61. The molecule has 0 saturated carbocycles. The topological polar surface area (TPSA) is 70.8 Å². The van der Waals surface area contributed by atoms with E-state index >= 15 is 0 Å². The van der Waals surface area contributed by atoms with Crippen LogP contribution in [0.1, 0.15) is 18.5 Å². The maximum atomic E-state index is 8.63. The van der Waals surface area contributed by atoms with Crippen LogP contribution in [-0.2, 0) is 0 Å². The monoisotopic (exact) mass is 204 g/mol. The molecule has 1 fully saturated rings. The molecule has 0 spiro atoms. The highest BCUT2D eigenvalue weighted by atomic mass is 16.5. The van der Waals surface area contributed by atoms with Crippen LogP contribution in [0.5, 0.6) is 6.01 Å². The minimum Gasteiger partial charge on any atom is -0.462 e. The van der Waals surface area contributed by atoms with Gasteiger partial charge in [0.2, 0.25) is 0 Å². The molecule has 2 heterocycles. The summed E-state index contributed by atoms with van der Waals surface area (Å²) in [6, 6.07) is 4.17. The maximum absolute atomic E-state index is 8.63. The number of nitrogens with zero attached hydrogens (tertiary/aromatic N) is 3. The van der Waals surface area contributed by atoms with Crippen LogP contribution >= 0.6 is 0 Å². The molecule has 0 aromatic carbocycles. The van der Waals surface area contributed by atoms with Crippen LogP contribution in [-0.4, -0.2) is 29.2 Å². The summed E-state index contributed by atoms with van der Waals surface area (Å²) in [5, 5.41) is 11.9. The molecule has 1 N–H and O–H groups in total. The zero-order valence-corrected chi connectivity index (χ0v) is 8.31. The first kappa shape index (κ1) is 9.87. The van der Waals surface area contributed by atoms with E-state index in [2.05, 4.69) is 15.3 Å². The lowest BCUT2D eigenvalue weighted by Gasteiger charge is -2.10. The first-order chi connectivity index (χ1) is 7.38. The number of nitriles is 1. The smallest absolute Gasteiger partial charge is 0.317 e. The first-order valence-corrected chi connectivity index (χ1v) is 4.98. The van der Waals surface area contributed by atoms with Gasteiger partial charge in [-0.25, -0.2) is 4.98 Å². The minimum absolute atomic E-state index is 0.280. The Morgan fingerprint density at radius 1 is 1.67 bits per heavy atom. The van der Waals surface area contributed by atoms with Gasteiger partial charge < -0.3 is 10.1 Å². The van der Waals surface area contributed by atoms with Crippen molar-refractivity contribution in [2.45, 2.75) is 18.9 Å². The van der Waals surface area contributed by atoms with Crippen molar-refractivity contribution in [3.63, 3.8) is 0 Å². The van der Waals surface area contributed by atoms with E-state index < -0.39 is 0 Å². The van der Waals surface area contributed by atoms with Crippen molar-refractivity contribution in [3.05, 3.63) is 18.0 Å². The molecule has 0 bridgehead atoms. The molecule has 1 saturated heterocycles. The van der Waals surface area contributed by atoms with Gasteiger partial charge >= 0.3 is 6.01 Å². The van der Waals surface area contributed by atoms with E-state index in [0.717, 1.165) is 13.0 Å². The van der Waals surface area contributed by atoms with E-state index in [0.29, 0.717) is 18.3 Å². The predicted octanol–water partition coefficient (Wildman–Crippen LogP) is 0.479. The molecule has 2 rings (SSSR count). The lowest BCUT2D eigenvalue weighted by atomic mass is 10.2. The SMILES string of the molecule is N#Cc1ccnc(OCC2CCCN2)n1. The zero-order valence-electron chi connectivity index (χ0n) is 8.31. The van der Waals surface area contributed by atoms with Crippen LogP contribution in [0.2, 0.25) is 0 Å². The van der Waals surface area contributed by atoms with Gasteiger partial charge in [0, 0.05) is 12.2 Å². The molecule has 0 amide bonds. The normalized spacial score (nSPS) is 19.8. The number of rotatable bonds is 3. The van der Waals surface area contributed by atoms with Gasteiger partial charge in [-0.1, -0.05) is 0 Å².